The van der Waals surface area contributed by atoms with Crippen LogP contribution in [-0.2, 0) is 4.74 Å². The minimum atomic E-state index is 0.762. The fourth-order valence-electron chi connectivity index (χ4n) is 1.94. The molecule has 0 saturated carbocycles. The predicted molar refractivity (Wildman–Crippen MR) is 85.9 cm³/mol. The predicted octanol–water partition coefficient (Wildman–Crippen LogP) is 4.83. The Morgan fingerprint density at radius 2 is 1.84 bits per heavy atom. The van der Waals surface area contributed by atoms with E-state index in [-0.39, 0.29) is 0 Å². The molecular weight excluding hydrogens is 302 g/mol. The average Bonchev–Trinajstić information content (AvgIpc) is 2.43. The highest BCUT2D eigenvalue weighted by Crippen LogP contribution is 2.22. The highest BCUT2D eigenvalue weighted by atomic mass is 79.9. The molecule has 1 N–H and O–H groups in total. The van der Waals surface area contributed by atoms with Crippen molar-refractivity contribution in [3.05, 3.63) is 40.9 Å². The molecular formula is C16H20BrNO. The van der Waals surface area contributed by atoms with E-state index in [1.54, 1.807) is 0 Å². The van der Waals surface area contributed by atoms with E-state index in [0.29, 0.717) is 0 Å². The lowest BCUT2D eigenvalue weighted by Gasteiger charge is -2.08. The van der Waals surface area contributed by atoms with Gasteiger partial charge in [0.2, 0.25) is 0 Å². The van der Waals surface area contributed by atoms with Crippen molar-refractivity contribution in [3.8, 4) is 0 Å². The second-order valence-corrected chi connectivity index (χ2v) is 5.51. The minimum absolute atomic E-state index is 0.762. The Balaban J connectivity index is 1.86. The van der Waals surface area contributed by atoms with Crippen molar-refractivity contribution in [2.24, 2.45) is 0 Å². The number of nitrogens with one attached hydrogen (secondary N) is 1. The third-order valence-electron chi connectivity index (χ3n) is 3.02. The first kappa shape index (κ1) is 14.4. The molecule has 0 amide bonds. The van der Waals surface area contributed by atoms with Crippen LogP contribution in [0.4, 0.5) is 5.69 Å². The standard InChI is InChI=1S/C16H20BrNO/c1-2-3-9-19-10-8-18-16-7-5-13-11-15(17)6-4-14(13)12-16/h4-7,11-12,18H,2-3,8-10H2,1H3. The van der Waals surface area contributed by atoms with E-state index in [4.69, 9.17) is 4.74 Å². The first-order valence-electron chi connectivity index (χ1n) is 6.80. The zero-order chi connectivity index (χ0) is 13.5. The van der Waals surface area contributed by atoms with Gasteiger partial charge in [0.1, 0.15) is 0 Å². The number of halogens is 1. The van der Waals surface area contributed by atoms with Crippen molar-refractivity contribution in [1.82, 2.24) is 0 Å². The van der Waals surface area contributed by atoms with E-state index in [9.17, 15) is 0 Å². The number of anilines is 1. The van der Waals surface area contributed by atoms with Gasteiger partial charge in [0, 0.05) is 23.3 Å². The maximum atomic E-state index is 5.53. The van der Waals surface area contributed by atoms with Gasteiger partial charge in [-0.05, 0) is 41.5 Å². The molecule has 0 bridgehead atoms. The summed E-state index contributed by atoms with van der Waals surface area (Å²) in [6, 6.07) is 12.8. The lowest BCUT2D eigenvalue weighted by molar-refractivity contribution is 0.141. The van der Waals surface area contributed by atoms with Gasteiger partial charge in [-0.25, -0.2) is 0 Å². The van der Waals surface area contributed by atoms with Gasteiger partial charge >= 0.3 is 0 Å². The van der Waals surface area contributed by atoms with E-state index in [2.05, 4.69) is 64.6 Å². The molecule has 3 heteroatoms. The fourth-order valence-corrected chi connectivity index (χ4v) is 2.32. The highest BCUT2D eigenvalue weighted by Gasteiger charge is 1.97. The van der Waals surface area contributed by atoms with Gasteiger partial charge in [-0.2, -0.15) is 0 Å². The smallest absolute Gasteiger partial charge is 0.0639 e. The number of rotatable bonds is 7. The molecule has 2 nitrogen and oxygen atoms in total. The first-order chi connectivity index (χ1) is 9.29. The Morgan fingerprint density at radius 3 is 2.68 bits per heavy atom. The molecule has 0 atom stereocenters. The SMILES string of the molecule is CCCCOCCNc1ccc2cc(Br)ccc2c1. The number of ether oxygens (including phenoxy) is 1. The van der Waals surface area contributed by atoms with Crippen LogP contribution in [0.15, 0.2) is 40.9 Å². The second kappa shape index (κ2) is 7.51. The fraction of sp³-hybridized carbons (Fsp3) is 0.375. The molecule has 0 fully saturated rings. The van der Waals surface area contributed by atoms with E-state index < -0.39 is 0 Å². The number of hydrogen-bond donors (Lipinski definition) is 1. The monoisotopic (exact) mass is 321 g/mol. The van der Waals surface area contributed by atoms with Gasteiger partial charge in [0.15, 0.2) is 0 Å². The number of unbranched alkanes of at least 4 members (excludes halogenated alkanes) is 1. The van der Waals surface area contributed by atoms with Crippen LogP contribution in [0.25, 0.3) is 10.8 Å². The normalized spacial score (nSPS) is 10.8. The average molecular weight is 322 g/mol. The van der Waals surface area contributed by atoms with Gasteiger partial charge in [-0.1, -0.05) is 41.4 Å². The van der Waals surface area contributed by atoms with E-state index in [1.165, 1.54) is 17.2 Å². The summed E-state index contributed by atoms with van der Waals surface area (Å²) in [6.07, 6.45) is 2.33. The van der Waals surface area contributed by atoms with Crippen LogP contribution in [0.2, 0.25) is 0 Å². The van der Waals surface area contributed by atoms with Crippen LogP contribution in [0.1, 0.15) is 19.8 Å². The van der Waals surface area contributed by atoms with Crippen molar-refractivity contribution >= 4 is 32.4 Å². The largest absolute Gasteiger partial charge is 0.383 e. The van der Waals surface area contributed by atoms with Crippen LogP contribution >= 0.6 is 15.9 Å². The molecule has 0 radical (unpaired) electrons. The molecule has 2 aromatic rings. The van der Waals surface area contributed by atoms with Crippen LogP contribution < -0.4 is 5.32 Å². The lowest BCUT2D eigenvalue weighted by atomic mass is 10.1. The van der Waals surface area contributed by atoms with Gasteiger partial charge < -0.3 is 10.1 Å². The highest BCUT2D eigenvalue weighted by molar-refractivity contribution is 9.10. The maximum Gasteiger partial charge on any atom is 0.0639 e. The summed E-state index contributed by atoms with van der Waals surface area (Å²) < 4.78 is 6.65. The zero-order valence-corrected chi connectivity index (χ0v) is 12.9. The Morgan fingerprint density at radius 1 is 1.05 bits per heavy atom. The topological polar surface area (TPSA) is 21.3 Å². The molecule has 0 heterocycles. The van der Waals surface area contributed by atoms with Gasteiger partial charge in [-0.15, -0.1) is 0 Å². The van der Waals surface area contributed by atoms with Gasteiger partial charge in [0.25, 0.3) is 0 Å². The second-order valence-electron chi connectivity index (χ2n) is 4.60. The van der Waals surface area contributed by atoms with Crippen molar-refractivity contribution in [2.75, 3.05) is 25.1 Å². The zero-order valence-electron chi connectivity index (χ0n) is 11.3. The van der Waals surface area contributed by atoms with E-state index in [1.807, 2.05) is 0 Å². The Kier molecular flexibility index (Phi) is 5.67. The molecule has 102 valence electrons. The summed E-state index contributed by atoms with van der Waals surface area (Å²) in [5.74, 6) is 0. The molecule has 0 saturated heterocycles. The van der Waals surface area contributed by atoms with E-state index in [0.717, 1.165) is 36.3 Å². The Hall–Kier alpha value is -1.06. The summed E-state index contributed by atoms with van der Waals surface area (Å²) in [4.78, 5) is 0. The summed E-state index contributed by atoms with van der Waals surface area (Å²) in [5.41, 5.74) is 1.15. The number of fused-ring (bicyclic) bond motifs is 1. The van der Waals surface area contributed by atoms with Crippen molar-refractivity contribution in [1.29, 1.82) is 0 Å². The third-order valence-corrected chi connectivity index (χ3v) is 3.51. The molecule has 0 aliphatic heterocycles. The molecule has 0 spiro atoms. The van der Waals surface area contributed by atoms with Crippen molar-refractivity contribution in [3.63, 3.8) is 0 Å². The molecule has 0 unspecified atom stereocenters. The minimum Gasteiger partial charge on any atom is -0.383 e. The van der Waals surface area contributed by atoms with Gasteiger partial charge in [0.05, 0.1) is 6.61 Å². The summed E-state index contributed by atoms with van der Waals surface area (Å²) in [7, 11) is 0. The molecule has 0 aliphatic carbocycles. The summed E-state index contributed by atoms with van der Waals surface area (Å²) in [5, 5.41) is 5.89. The number of benzene rings is 2. The Labute approximate surface area is 123 Å². The quantitative estimate of drug-likeness (QED) is 0.737. The van der Waals surface area contributed by atoms with Crippen molar-refractivity contribution < 1.29 is 4.74 Å². The van der Waals surface area contributed by atoms with Crippen LogP contribution in [-0.4, -0.2) is 19.8 Å². The molecule has 19 heavy (non-hydrogen) atoms. The van der Waals surface area contributed by atoms with Crippen molar-refractivity contribution in [2.45, 2.75) is 19.8 Å². The summed E-state index contributed by atoms with van der Waals surface area (Å²) >= 11 is 3.49. The molecule has 2 rings (SSSR count). The summed E-state index contributed by atoms with van der Waals surface area (Å²) in [6.45, 7) is 4.66. The first-order valence-corrected chi connectivity index (χ1v) is 7.60. The number of hydrogen-bond acceptors (Lipinski definition) is 2. The lowest BCUT2D eigenvalue weighted by Crippen LogP contribution is -2.09. The van der Waals surface area contributed by atoms with E-state index >= 15 is 0 Å². The Bertz CT molecular complexity index is 527. The van der Waals surface area contributed by atoms with Crippen LogP contribution in [0.5, 0.6) is 0 Å². The van der Waals surface area contributed by atoms with Crippen LogP contribution in [0, 0.1) is 0 Å². The third kappa shape index (κ3) is 4.51. The molecule has 2 aromatic carbocycles. The molecule has 0 aromatic heterocycles. The van der Waals surface area contributed by atoms with Gasteiger partial charge in [-0.3, -0.25) is 0 Å². The molecule has 0 aliphatic rings. The maximum absolute atomic E-state index is 5.53. The van der Waals surface area contributed by atoms with Crippen LogP contribution in [0.3, 0.4) is 0 Å².